The zero-order chi connectivity index (χ0) is 20.0. The molecule has 0 aromatic heterocycles. The van der Waals surface area contributed by atoms with Crippen molar-refractivity contribution in [1.29, 1.82) is 0 Å². The molecule has 2 rings (SSSR count). The number of nitrogens with one attached hydrogen (secondary N) is 2. The number of alkyl halides is 3. The molecule has 0 atom stereocenters. The number of anilines is 2. The van der Waals surface area contributed by atoms with Crippen LogP contribution >= 0.6 is 0 Å². The summed E-state index contributed by atoms with van der Waals surface area (Å²) in [5.41, 5.74) is -0.0369. The molecule has 146 valence electrons. The summed E-state index contributed by atoms with van der Waals surface area (Å²) in [6.45, 7) is 5.26. The molecule has 0 aliphatic heterocycles. The van der Waals surface area contributed by atoms with Crippen molar-refractivity contribution in [2.45, 2.75) is 20.0 Å². The van der Waals surface area contributed by atoms with Crippen LogP contribution in [-0.4, -0.2) is 25.7 Å². The molecule has 0 aliphatic rings. The van der Waals surface area contributed by atoms with Gasteiger partial charge in [-0.1, -0.05) is 18.2 Å². The Morgan fingerprint density at radius 3 is 2.48 bits per heavy atom. The number of carbonyl (C=O) groups is 1. The highest BCUT2D eigenvalue weighted by Gasteiger charge is 2.35. The topological polar surface area (TPSA) is 44.4 Å². The van der Waals surface area contributed by atoms with Crippen LogP contribution in [-0.2, 0) is 6.18 Å². The minimum absolute atomic E-state index is 0.184. The number of benzene rings is 2. The van der Waals surface area contributed by atoms with Gasteiger partial charge in [0.05, 0.1) is 11.3 Å². The second-order valence-corrected chi connectivity index (χ2v) is 5.96. The van der Waals surface area contributed by atoms with Crippen molar-refractivity contribution < 1.29 is 22.4 Å². The SMILES string of the molecule is CCN(CCNC(=O)Nc1c(F)cccc1C(F)(F)F)c1cccc(C)c1. The summed E-state index contributed by atoms with van der Waals surface area (Å²) in [6.07, 6.45) is -4.77. The zero-order valence-electron chi connectivity index (χ0n) is 15.0. The van der Waals surface area contributed by atoms with E-state index in [9.17, 15) is 22.4 Å². The van der Waals surface area contributed by atoms with Crippen LogP contribution in [0.3, 0.4) is 0 Å². The molecule has 8 heteroatoms. The average Bonchev–Trinajstić information content (AvgIpc) is 2.59. The summed E-state index contributed by atoms with van der Waals surface area (Å²) < 4.78 is 52.6. The fraction of sp³-hybridized carbons (Fsp3) is 0.316. The summed E-state index contributed by atoms with van der Waals surface area (Å²) in [5.74, 6) is -1.14. The number of nitrogens with zero attached hydrogens (tertiary/aromatic N) is 1. The second kappa shape index (κ2) is 8.75. The maximum absolute atomic E-state index is 13.8. The minimum atomic E-state index is -4.77. The van der Waals surface area contributed by atoms with Crippen molar-refractivity contribution >= 4 is 17.4 Å². The van der Waals surface area contributed by atoms with Gasteiger partial charge in [0.25, 0.3) is 0 Å². The molecule has 2 N–H and O–H groups in total. The summed E-state index contributed by atoms with van der Waals surface area (Å²) in [5, 5.41) is 4.42. The number of likely N-dealkylation sites (N-methyl/N-ethyl adjacent to an activating group) is 1. The number of hydrogen-bond acceptors (Lipinski definition) is 2. The van der Waals surface area contributed by atoms with Gasteiger partial charge in [0.15, 0.2) is 0 Å². The molecule has 0 saturated heterocycles. The van der Waals surface area contributed by atoms with Crippen molar-refractivity contribution in [2.75, 3.05) is 29.9 Å². The number of rotatable bonds is 6. The molecule has 0 heterocycles. The van der Waals surface area contributed by atoms with Gasteiger partial charge >= 0.3 is 12.2 Å². The van der Waals surface area contributed by atoms with E-state index in [2.05, 4.69) is 5.32 Å². The van der Waals surface area contributed by atoms with E-state index >= 15 is 0 Å². The molecule has 4 nitrogen and oxygen atoms in total. The predicted molar refractivity (Wildman–Crippen MR) is 97.5 cm³/mol. The van der Waals surface area contributed by atoms with Gasteiger partial charge in [0.1, 0.15) is 5.82 Å². The van der Waals surface area contributed by atoms with Crippen LogP contribution < -0.4 is 15.5 Å². The summed E-state index contributed by atoms with van der Waals surface area (Å²) in [4.78, 5) is 13.9. The highest BCUT2D eigenvalue weighted by Crippen LogP contribution is 2.36. The van der Waals surface area contributed by atoms with Crippen LogP contribution in [0, 0.1) is 12.7 Å². The first-order valence-electron chi connectivity index (χ1n) is 8.44. The summed E-state index contributed by atoms with van der Waals surface area (Å²) >= 11 is 0. The third-order valence-electron chi connectivity index (χ3n) is 3.97. The van der Waals surface area contributed by atoms with Gasteiger partial charge in [0, 0.05) is 25.3 Å². The van der Waals surface area contributed by atoms with Crippen LogP contribution in [0.5, 0.6) is 0 Å². The molecule has 2 amide bonds. The van der Waals surface area contributed by atoms with Crippen molar-refractivity contribution in [3.63, 3.8) is 0 Å². The fourth-order valence-corrected chi connectivity index (χ4v) is 2.64. The molecular formula is C19H21F4N3O. The lowest BCUT2D eigenvalue weighted by Gasteiger charge is -2.23. The van der Waals surface area contributed by atoms with E-state index in [4.69, 9.17) is 0 Å². The molecule has 0 fully saturated rings. The predicted octanol–water partition coefficient (Wildman–Crippen LogP) is 4.80. The number of carbonyl (C=O) groups excluding carboxylic acids is 1. The highest BCUT2D eigenvalue weighted by atomic mass is 19.4. The van der Waals surface area contributed by atoms with Gasteiger partial charge in [-0.15, -0.1) is 0 Å². The molecular weight excluding hydrogens is 362 g/mol. The number of amides is 2. The Morgan fingerprint density at radius 2 is 1.85 bits per heavy atom. The van der Waals surface area contributed by atoms with Gasteiger partial charge in [0.2, 0.25) is 0 Å². The van der Waals surface area contributed by atoms with Gasteiger partial charge < -0.3 is 15.5 Å². The average molecular weight is 383 g/mol. The largest absolute Gasteiger partial charge is 0.418 e. The van der Waals surface area contributed by atoms with Gasteiger partial charge in [-0.05, 0) is 43.7 Å². The van der Waals surface area contributed by atoms with E-state index in [0.717, 1.165) is 29.4 Å². The molecule has 27 heavy (non-hydrogen) atoms. The Hall–Kier alpha value is -2.77. The second-order valence-electron chi connectivity index (χ2n) is 5.96. The first kappa shape index (κ1) is 20.5. The lowest BCUT2D eigenvalue weighted by atomic mass is 10.1. The summed E-state index contributed by atoms with van der Waals surface area (Å²) in [7, 11) is 0. The van der Waals surface area contributed by atoms with Crippen LogP contribution in [0.15, 0.2) is 42.5 Å². The quantitative estimate of drug-likeness (QED) is 0.704. The fourth-order valence-electron chi connectivity index (χ4n) is 2.64. The van der Waals surface area contributed by atoms with Crippen molar-refractivity contribution in [3.8, 4) is 0 Å². The smallest absolute Gasteiger partial charge is 0.370 e. The van der Waals surface area contributed by atoms with E-state index in [1.54, 1.807) is 0 Å². The normalized spacial score (nSPS) is 11.2. The van der Waals surface area contributed by atoms with Crippen LogP contribution in [0.4, 0.5) is 33.7 Å². The van der Waals surface area contributed by atoms with Gasteiger partial charge in [-0.25, -0.2) is 9.18 Å². The molecule has 0 unspecified atom stereocenters. The van der Waals surface area contributed by atoms with E-state index in [1.165, 1.54) is 0 Å². The molecule has 0 spiro atoms. The molecule has 0 aliphatic carbocycles. The van der Waals surface area contributed by atoms with E-state index in [1.807, 2.05) is 48.3 Å². The Bertz CT molecular complexity index is 793. The molecule has 0 saturated carbocycles. The Morgan fingerprint density at radius 1 is 1.15 bits per heavy atom. The van der Waals surface area contributed by atoms with Crippen molar-refractivity contribution in [2.24, 2.45) is 0 Å². The number of urea groups is 1. The maximum atomic E-state index is 13.8. The van der Waals surface area contributed by atoms with E-state index < -0.39 is 29.3 Å². The monoisotopic (exact) mass is 383 g/mol. The van der Waals surface area contributed by atoms with Crippen LogP contribution in [0.2, 0.25) is 0 Å². The Kier molecular flexibility index (Phi) is 6.65. The van der Waals surface area contributed by atoms with Crippen LogP contribution in [0.1, 0.15) is 18.1 Å². The maximum Gasteiger partial charge on any atom is 0.418 e. The third-order valence-corrected chi connectivity index (χ3v) is 3.97. The van der Waals surface area contributed by atoms with Gasteiger partial charge in [-0.3, -0.25) is 0 Å². The first-order valence-corrected chi connectivity index (χ1v) is 8.44. The summed E-state index contributed by atoms with van der Waals surface area (Å²) in [6, 6.07) is 9.45. The van der Waals surface area contributed by atoms with Crippen LogP contribution in [0.25, 0.3) is 0 Å². The third kappa shape index (κ3) is 5.60. The standard InChI is InChI=1S/C19H21F4N3O/c1-3-26(14-7-4-6-13(2)12-14)11-10-24-18(27)25-17-15(19(21,22)23)8-5-9-16(17)20/h4-9,12H,3,10-11H2,1-2H3,(H2,24,25,27). The molecule has 2 aromatic rings. The minimum Gasteiger partial charge on any atom is -0.370 e. The van der Waals surface area contributed by atoms with Crippen molar-refractivity contribution in [3.05, 3.63) is 59.4 Å². The Balaban J connectivity index is 1.97. The van der Waals surface area contributed by atoms with E-state index in [-0.39, 0.29) is 6.54 Å². The number of hydrogen-bond donors (Lipinski definition) is 2. The molecule has 2 aromatic carbocycles. The van der Waals surface area contributed by atoms with Gasteiger partial charge in [-0.2, -0.15) is 13.2 Å². The van der Waals surface area contributed by atoms with Crippen molar-refractivity contribution in [1.82, 2.24) is 5.32 Å². The number of halogens is 4. The number of para-hydroxylation sites is 1. The molecule has 0 radical (unpaired) electrons. The number of aryl methyl sites for hydroxylation is 1. The highest BCUT2D eigenvalue weighted by molar-refractivity contribution is 5.90. The lowest BCUT2D eigenvalue weighted by Crippen LogP contribution is -2.37. The van der Waals surface area contributed by atoms with E-state index in [0.29, 0.717) is 13.1 Å². The first-order chi connectivity index (χ1) is 12.7. The lowest BCUT2D eigenvalue weighted by molar-refractivity contribution is -0.137. The molecule has 0 bridgehead atoms. The zero-order valence-corrected chi connectivity index (χ0v) is 15.0. The Labute approximate surface area is 155 Å².